The fourth-order valence-electron chi connectivity index (χ4n) is 0.840. The summed E-state index contributed by atoms with van der Waals surface area (Å²) in [6.45, 7) is 0. The van der Waals surface area contributed by atoms with Crippen molar-refractivity contribution in [3.63, 3.8) is 0 Å². The Morgan fingerprint density at radius 1 is 1.50 bits per heavy atom. The smallest absolute Gasteiger partial charge is 0.495 e. The monoisotopic (exact) mass is 171 g/mol. The van der Waals surface area contributed by atoms with E-state index in [4.69, 9.17) is 10.0 Å². The van der Waals surface area contributed by atoms with Crippen molar-refractivity contribution in [3.05, 3.63) is 18.2 Å². The Morgan fingerprint density at radius 3 is 2.58 bits per heavy atom. The van der Waals surface area contributed by atoms with Crippen LogP contribution in [0.25, 0.3) is 0 Å². The highest BCUT2D eigenvalue weighted by Crippen LogP contribution is 2.06. The van der Waals surface area contributed by atoms with Gasteiger partial charge >= 0.3 is 7.12 Å². The molecule has 64 valence electrons. The molecule has 0 fully saturated rings. The normalized spacial score (nSPS) is 9.67. The van der Waals surface area contributed by atoms with Crippen molar-refractivity contribution in [1.29, 1.82) is 0 Å². The molecule has 1 aromatic heterocycles. The molecule has 0 aliphatic heterocycles. The van der Waals surface area contributed by atoms with E-state index in [1.807, 2.05) is 0 Å². The summed E-state index contributed by atoms with van der Waals surface area (Å²) in [7, 11) is -0.592. The summed E-state index contributed by atoms with van der Waals surface area (Å²) in [5.74, 6) is -0.783. The first-order valence-electron chi connectivity index (χ1n) is 3.20. The van der Waals surface area contributed by atoms with Crippen LogP contribution >= 0.6 is 0 Å². The zero-order valence-corrected chi connectivity index (χ0v) is 6.36. The quantitative estimate of drug-likeness (QED) is 0.555. The van der Waals surface area contributed by atoms with E-state index >= 15 is 0 Å². The average Bonchev–Trinajstić information content (AvgIpc) is 2.03. The SMILES string of the molecule is COc1cncc(F)c1B(O)O. The van der Waals surface area contributed by atoms with Crippen LogP contribution in [0.1, 0.15) is 0 Å². The molecular weight excluding hydrogens is 164 g/mol. The molecule has 2 N–H and O–H groups in total. The molecular formula is C6H7BFNO3. The molecule has 0 unspecified atom stereocenters. The first kappa shape index (κ1) is 8.96. The van der Waals surface area contributed by atoms with Crippen molar-refractivity contribution in [2.75, 3.05) is 7.11 Å². The summed E-state index contributed by atoms with van der Waals surface area (Å²) in [5.41, 5.74) is -0.299. The number of rotatable bonds is 2. The maximum absolute atomic E-state index is 12.8. The van der Waals surface area contributed by atoms with Gasteiger partial charge in [-0.3, -0.25) is 4.98 Å². The molecule has 0 bridgehead atoms. The molecule has 0 aliphatic rings. The van der Waals surface area contributed by atoms with E-state index in [0.717, 1.165) is 6.20 Å². The molecule has 0 aliphatic carbocycles. The van der Waals surface area contributed by atoms with Crippen LogP contribution in [0.3, 0.4) is 0 Å². The minimum absolute atomic E-state index is 0.0185. The second-order valence-electron chi connectivity index (χ2n) is 2.11. The van der Waals surface area contributed by atoms with E-state index in [9.17, 15) is 4.39 Å². The molecule has 0 saturated carbocycles. The van der Waals surface area contributed by atoms with Crippen LogP contribution in [0, 0.1) is 5.82 Å². The van der Waals surface area contributed by atoms with Crippen LogP contribution in [0.4, 0.5) is 4.39 Å². The Labute approximate surface area is 68.8 Å². The van der Waals surface area contributed by atoms with Crippen molar-refractivity contribution < 1.29 is 19.2 Å². The third-order valence-electron chi connectivity index (χ3n) is 1.38. The molecule has 12 heavy (non-hydrogen) atoms. The predicted octanol–water partition coefficient (Wildman–Crippen LogP) is -1.09. The molecule has 1 aromatic rings. The largest absolute Gasteiger partial charge is 0.495 e. The van der Waals surface area contributed by atoms with E-state index in [1.54, 1.807) is 0 Å². The van der Waals surface area contributed by atoms with Crippen molar-refractivity contribution >= 4 is 12.6 Å². The molecule has 0 aromatic carbocycles. The summed E-state index contributed by atoms with van der Waals surface area (Å²) in [6.07, 6.45) is 2.09. The minimum atomic E-state index is -1.89. The molecule has 0 spiro atoms. The van der Waals surface area contributed by atoms with Gasteiger partial charge in [-0.1, -0.05) is 0 Å². The maximum atomic E-state index is 12.8. The molecule has 0 atom stereocenters. The van der Waals surface area contributed by atoms with Gasteiger partial charge in [-0.15, -0.1) is 0 Å². The van der Waals surface area contributed by atoms with E-state index in [1.165, 1.54) is 13.3 Å². The highest BCUT2D eigenvalue weighted by molar-refractivity contribution is 6.59. The first-order valence-corrected chi connectivity index (χ1v) is 3.20. The molecule has 0 amide bonds. The number of nitrogens with zero attached hydrogens (tertiary/aromatic N) is 1. The lowest BCUT2D eigenvalue weighted by molar-refractivity contribution is 0.397. The van der Waals surface area contributed by atoms with Crippen molar-refractivity contribution in [2.45, 2.75) is 0 Å². The number of halogens is 1. The van der Waals surface area contributed by atoms with E-state index in [2.05, 4.69) is 9.72 Å². The Bertz CT molecular complexity index is 281. The van der Waals surface area contributed by atoms with Gasteiger partial charge in [0.1, 0.15) is 11.6 Å². The van der Waals surface area contributed by atoms with Crippen molar-refractivity contribution in [2.24, 2.45) is 0 Å². The fourth-order valence-corrected chi connectivity index (χ4v) is 0.840. The van der Waals surface area contributed by atoms with Gasteiger partial charge in [-0.25, -0.2) is 4.39 Å². The van der Waals surface area contributed by atoms with Gasteiger partial charge in [-0.2, -0.15) is 0 Å². The van der Waals surface area contributed by atoms with Gasteiger partial charge in [0.25, 0.3) is 0 Å². The zero-order valence-electron chi connectivity index (χ0n) is 6.36. The zero-order chi connectivity index (χ0) is 9.14. The van der Waals surface area contributed by atoms with Crippen LogP contribution < -0.4 is 10.2 Å². The second kappa shape index (κ2) is 3.51. The number of ether oxygens (including phenoxy) is 1. The summed E-state index contributed by atoms with van der Waals surface area (Å²) in [5, 5.41) is 17.4. The third-order valence-corrected chi connectivity index (χ3v) is 1.38. The number of pyridine rings is 1. The first-order chi connectivity index (χ1) is 5.66. The van der Waals surface area contributed by atoms with Gasteiger partial charge in [0.2, 0.25) is 0 Å². The summed E-state index contributed by atoms with van der Waals surface area (Å²) >= 11 is 0. The van der Waals surface area contributed by atoms with Crippen LogP contribution in [-0.2, 0) is 0 Å². The van der Waals surface area contributed by atoms with Gasteiger partial charge in [0, 0.05) is 0 Å². The van der Waals surface area contributed by atoms with Gasteiger partial charge < -0.3 is 14.8 Å². The van der Waals surface area contributed by atoms with Crippen molar-refractivity contribution in [3.8, 4) is 5.75 Å². The van der Waals surface area contributed by atoms with Gasteiger partial charge in [0.05, 0.1) is 25.0 Å². The predicted molar refractivity (Wildman–Crippen MR) is 40.6 cm³/mol. The van der Waals surface area contributed by atoms with Crippen LogP contribution in [-0.4, -0.2) is 29.3 Å². The lowest BCUT2D eigenvalue weighted by Gasteiger charge is -2.06. The Balaban J connectivity index is 3.20. The highest BCUT2D eigenvalue weighted by Gasteiger charge is 2.21. The highest BCUT2D eigenvalue weighted by atomic mass is 19.1. The number of hydrogen-bond donors (Lipinski definition) is 2. The molecule has 1 rings (SSSR count). The molecule has 4 nitrogen and oxygen atoms in total. The number of aromatic nitrogens is 1. The minimum Gasteiger partial charge on any atom is -0.495 e. The lowest BCUT2D eigenvalue weighted by Crippen LogP contribution is -2.34. The molecule has 0 saturated heterocycles. The number of methoxy groups -OCH3 is 1. The van der Waals surface area contributed by atoms with E-state index < -0.39 is 12.9 Å². The Hall–Kier alpha value is -1.14. The second-order valence-corrected chi connectivity index (χ2v) is 2.11. The van der Waals surface area contributed by atoms with E-state index in [0.29, 0.717) is 0 Å². The molecule has 0 radical (unpaired) electrons. The van der Waals surface area contributed by atoms with Crippen LogP contribution in [0.2, 0.25) is 0 Å². The van der Waals surface area contributed by atoms with Gasteiger partial charge in [-0.05, 0) is 0 Å². The third kappa shape index (κ3) is 1.54. The summed E-state index contributed by atoms with van der Waals surface area (Å²) in [4.78, 5) is 3.48. The van der Waals surface area contributed by atoms with Crippen LogP contribution in [0.5, 0.6) is 5.75 Å². The standard InChI is InChI=1S/C6H7BFNO3/c1-12-5-3-9-2-4(8)6(5)7(10)11/h2-3,10-11H,1H3. The topological polar surface area (TPSA) is 62.6 Å². The van der Waals surface area contributed by atoms with Gasteiger partial charge in [0.15, 0.2) is 0 Å². The summed E-state index contributed by atoms with van der Waals surface area (Å²) < 4.78 is 17.5. The maximum Gasteiger partial charge on any atom is 0.495 e. The lowest BCUT2D eigenvalue weighted by atomic mass is 9.80. The summed E-state index contributed by atoms with van der Waals surface area (Å²) in [6, 6.07) is 0. The average molecular weight is 171 g/mol. The molecule has 6 heteroatoms. The van der Waals surface area contributed by atoms with Crippen LogP contribution in [0.15, 0.2) is 12.4 Å². The molecule has 1 heterocycles. The van der Waals surface area contributed by atoms with Crippen molar-refractivity contribution in [1.82, 2.24) is 4.98 Å². The fraction of sp³-hybridized carbons (Fsp3) is 0.167. The Morgan fingerprint density at radius 2 is 2.17 bits per heavy atom. The van der Waals surface area contributed by atoms with E-state index in [-0.39, 0.29) is 11.2 Å². The Kier molecular flexibility index (Phi) is 2.62. The number of hydrogen-bond acceptors (Lipinski definition) is 4.